The highest BCUT2D eigenvalue weighted by Crippen LogP contribution is 2.36. The standard InChI is InChI=1S/C11H12FN3O2S/c1-16-11-7-9(18-6-13-7)8(10(12)14-11)15-2-4-17-5-3-15/h6H,2-5H2,1H3. The molecule has 1 aliphatic rings. The zero-order valence-corrected chi connectivity index (χ0v) is 10.7. The summed E-state index contributed by atoms with van der Waals surface area (Å²) < 4.78 is 25.3. The van der Waals surface area contributed by atoms with E-state index in [-0.39, 0.29) is 5.88 Å². The number of hydrogen-bond donors (Lipinski definition) is 0. The van der Waals surface area contributed by atoms with E-state index in [0.717, 1.165) is 4.70 Å². The van der Waals surface area contributed by atoms with E-state index >= 15 is 0 Å². The van der Waals surface area contributed by atoms with Gasteiger partial charge in [0.15, 0.2) is 0 Å². The molecular weight excluding hydrogens is 257 g/mol. The minimum absolute atomic E-state index is 0.237. The predicted octanol–water partition coefficient (Wildman–Crippen LogP) is 1.68. The molecule has 0 unspecified atom stereocenters. The van der Waals surface area contributed by atoms with Gasteiger partial charge in [0.2, 0.25) is 11.8 Å². The lowest BCUT2D eigenvalue weighted by atomic mass is 10.3. The largest absolute Gasteiger partial charge is 0.479 e. The van der Waals surface area contributed by atoms with Crippen LogP contribution in [0.1, 0.15) is 0 Å². The Labute approximate surface area is 107 Å². The van der Waals surface area contributed by atoms with Crippen LogP contribution in [0.3, 0.4) is 0 Å². The summed E-state index contributed by atoms with van der Waals surface area (Å²) in [7, 11) is 1.47. The Morgan fingerprint density at radius 3 is 2.94 bits per heavy atom. The molecule has 0 amide bonds. The molecule has 3 heterocycles. The zero-order valence-electron chi connectivity index (χ0n) is 9.85. The number of thiazole rings is 1. The molecule has 1 aliphatic heterocycles. The van der Waals surface area contributed by atoms with Gasteiger partial charge in [-0.3, -0.25) is 0 Å². The fraction of sp³-hybridized carbons (Fsp3) is 0.455. The van der Waals surface area contributed by atoms with Crippen LogP contribution in [0.2, 0.25) is 0 Å². The Morgan fingerprint density at radius 2 is 2.22 bits per heavy atom. The van der Waals surface area contributed by atoms with E-state index in [9.17, 15) is 4.39 Å². The van der Waals surface area contributed by atoms with E-state index in [1.54, 1.807) is 5.51 Å². The highest BCUT2D eigenvalue weighted by molar-refractivity contribution is 7.17. The number of ether oxygens (including phenoxy) is 2. The summed E-state index contributed by atoms with van der Waals surface area (Å²) in [5, 5.41) is 0. The molecule has 0 aliphatic carbocycles. The third kappa shape index (κ3) is 1.79. The number of aromatic nitrogens is 2. The first-order valence-corrected chi connectivity index (χ1v) is 6.48. The lowest BCUT2D eigenvalue weighted by Crippen LogP contribution is -2.37. The van der Waals surface area contributed by atoms with Crippen LogP contribution in [-0.4, -0.2) is 43.4 Å². The first-order chi connectivity index (χ1) is 8.81. The summed E-state index contributed by atoms with van der Waals surface area (Å²) in [5.41, 5.74) is 2.81. The highest BCUT2D eigenvalue weighted by Gasteiger charge is 2.23. The van der Waals surface area contributed by atoms with Gasteiger partial charge in [-0.05, 0) is 0 Å². The van der Waals surface area contributed by atoms with Crippen molar-refractivity contribution in [1.29, 1.82) is 0 Å². The fourth-order valence-corrected chi connectivity index (χ4v) is 2.90. The molecule has 3 rings (SSSR count). The number of morpholine rings is 1. The third-order valence-electron chi connectivity index (χ3n) is 2.90. The molecule has 0 spiro atoms. The SMILES string of the molecule is COc1nc(F)c(N2CCOCC2)c2scnc12. The molecule has 0 bridgehead atoms. The normalized spacial score (nSPS) is 16.2. The van der Waals surface area contributed by atoms with E-state index in [2.05, 4.69) is 9.97 Å². The van der Waals surface area contributed by atoms with Crippen molar-refractivity contribution >= 4 is 27.2 Å². The molecular formula is C11H12FN3O2S. The number of methoxy groups -OCH3 is 1. The highest BCUT2D eigenvalue weighted by atomic mass is 32.1. The monoisotopic (exact) mass is 269 g/mol. The average Bonchev–Trinajstić information content (AvgIpc) is 2.87. The Morgan fingerprint density at radius 1 is 1.44 bits per heavy atom. The van der Waals surface area contributed by atoms with Crippen molar-refractivity contribution in [3.05, 3.63) is 11.5 Å². The number of anilines is 1. The van der Waals surface area contributed by atoms with Gasteiger partial charge >= 0.3 is 0 Å². The van der Waals surface area contributed by atoms with Crippen LogP contribution in [0, 0.1) is 5.95 Å². The second kappa shape index (κ2) is 4.66. The van der Waals surface area contributed by atoms with Gasteiger partial charge in [-0.15, -0.1) is 11.3 Å². The van der Waals surface area contributed by atoms with E-state index < -0.39 is 5.95 Å². The van der Waals surface area contributed by atoms with Crippen LogP contribution in [0.15, 0.2) is 5.51 Å². The van der Waals surface area contributed by atoms with E-state index in [1.807, 2.05) is 4.90 Å². The van der Waals surface area contributed by atoms with Gasteiger partial charge in [0.1, 0.15) is 11.2 Å². The molecule has 0 atom stereocenters. The van der Waals surface area contributed by atoms with Gasteiger partial charge in [0.25, 0.3) is 0 Å². The first kappa shape index (κ1) is 11.6. The minimum Gasteiger partial charge on any atom is -0.479 e. The maximum Gasteiger partial charge on any atom is 0.244 e. The van der Waals surface area contributed by atoms with Crippen LogP contribution < -0.4 is 9.64 Å². The molecule has 0 saturated carbocycles. The Hall–Kier alpha value is -1.47. The predicted molar refractivity (Wildman–Crippen MR) is 67.0 cm³/mol. The number of fused-ring (bicyclic) bond motifs is 1. The van der Waals surface area contributed by atoms with Gasteiger partial charge in [-0.25, -0.2) is 4.98 Å². The summed E-state index contributed by atoms with van der Waals surface area (Å²) >= 11 is 1.40. The number of halogens is 1. The zero-order chi connectivity index (χ0) is 12.5. The number of rotatable bonds is 2. The summed E-state index contributed by atoms with van der Waals surface area (Å²) in [4.78, 5) is 9.98. The van der Waals surface area contributed by atoms with E-state index in [0.29, 0.717) is 37.5 Å². The van der Waals surface area contributed by atoms with Crippen LogP contribution in [0.4, 0.5) is 10.1 Å². The van der Waals surface area contributed by atoms with Crippen molar-refractivity contribution in [3.8, 4) is 5.88 Å². The molecule has 2 aromatic heterocycles. The van der Waals surface area contributed by atoms with E-state index in [1.165, 1.54) is 18.4 Å². The molecule has 1 saturated heterocycles. The quantitative estimate of drug-likeness (QED) is 0.776. The lowest BCUT2D eigenvalue weighted by Gasteiger charge is -2.29. The minimum atomic E-state index is -0.509. The molecule has 0 N–H and O–H groups in total. The molecule has 1 fully saturated rings. The molecule has 5 nitrogen and oxygen atoms in total. The van der Waals surface area contributed by atoms with Gasteiger partial charge in [-0.2, -0.15) is 9.37 Å². The van der Waals surface area contributed by atoms with Crippen LogP contribution in [0.5, 0.6) is 5.88 Å². The van der Waals surface area contributed by atoms with Crippen molar-refractivity contribution in [1.82, 2.24) is 9.97 Å². The maximum absolute atomic E-state index is 14.1. The summed E-state index contributed by atoms with van der Waals surface area (Å²) in [5.74, 6) is -0.272. The lowest BCUT2D eigenvalue weighted by molar-refractivity contribution is 0.122. The van der Waals surface area contributed by atoms with Crippen molar-refractivity contribution in [3.63, 3.8) is 0 Å². The fourth-order valence-electron chi connectivity index (χ4n) is 2.06. The molecule has 0 aromatic carbocycles. The second-order valence-corrected chi connectivity index (χ2v) is 4.74. The van der Waals surface area contributed by atoms with Gasteiger partial charge in [0, 0.05) is 13.1 Å². The molecule has 0 radical (unpaired) electrons. The molecule has 18 heavy (non-hydrogen) atoms. The van der Waals surface area contributed by atoms with Gasteiger partial charge in [0.05, 0.1) is 30.5 Å². The van der Waals surface area contributed by atoms with Gasteiger partial charge < -0.3 is 14.4 Å². The smallest absolute Gasteiger partial charge is 0.244 e. The maximum atomic E-state index is 14.1. The van der Waals surface area contributed by atoms with Crippen molar-refractivity contribution in [2.75, 3.05) is 38.3 Å². The molecule has 96 valence electrons. The van der Waals surface area contributed by atoms with Crippen molar-refractivity contribution < 1.29 is 13.9 Å². The topological polar surface area (TPSA) is 47.5 Å². The number of nitrogens with zero attached hydrogens (tertiary/aromatic N) is 3. The number of pyridine rings is 1. The Bertz CT molecular complexity index is 569. The van der Waals surface area contributed by atoms with Crippen LogP contribution >= 0.6 is 11.3 Å². The molecule has 7 heteroatoms. The first-order valence-electron chi connectivity index (χ1n) is 5.60. The van der Waals surface area contributed by atoms with Crippen LogP contribution in [0.25, 0.3) is 10.2 Å². The van der Waals surface area contributed by atoms with Crippen molar-refractivity contribution in [2.45, 2.75) is 0 Å². The average molecular weight is 269 g/mol. The molecule has 2 aromatic rings. The Balaban J connectivity index is 2.15. The summed E-state index contributed by atoms with van der Waals surface area (Å²) in [6.07, 6.45) is 0. The number of hydrogen-bond acceptors (Lipinski definition) is 6. The van der Waals surface area contributed by atoms with Gasteiger partial charge in [-0.1, -0.05) is 0 Å². The van der Waals surface area contributed by atoms with E-state index in [4.69, 9.17) is 9.47 Å². The summed E-state index contributed by atoms with van der Waals surface area (Å²) in [6.45, 7) is 2.54. The summed E-state index contributed by atoms with van der Waals surface area (Å²) in [6, 6.07) is 0. The third-order valence-corrected chi connectivity index (χ3v) is 3.73. The second-order valence-electron chi connectivity index (χ2n) is 3.89. The van der Waals surface area contributed by atoms with Crippen molar-refractivity contribution in [2.24, 2.45) is 0 Å². The van der Waals surface area contributed by atoms with Crippen LogP contribution in [-0.2, 0) is 4.74 Å². The Kier molecular flexibility index (Phi) is 3.00.